The Morgan fingerprint density at radius 1 is 1.00 bits per heavy atom. The molecular formula is C25H36FN3O4S. The van der Waals surface area contributed by atoms with Crippen LogP contribution in [0.4, 0.5) is 4.39 Å². The number of halogens is 1. The minimum Gasteiger partial charge on any atom is -0.489 e. The largest absolute Gasteiger partial charge is 0.489 e. The summed E-state index contributed by atoms with van der Waals surface area (Å²) in [4.78, 5) is 15.1. The number of hydrogen-bond acceptors (Lipinski definition) is 5. The van der Waals surface area contributed by atoms with Crippen molar-refractivity contribution in [2.45, 2.75) is 76.2 Å². The monoisotopic (exact) mass is 493 g/mol. The Bertz CT molecular complexity index is 1000. The third-order valence-corrected chi connectivity index (χ3v) is 9.22. The van der Waals surface area contributed by atoms with Crippen LogP contribution in [0.15, 0.2) is 12.1 Å². The summed E-state index contributed by atoms with van der Waals surface area (Å²) in [5.41, 5.74) is 0.582. The number of ether oxygens (including phenoxy) is 1. The number of carbonyl (C=O) groups is 1. The fourth-order valence-electron chi connectivity index (χ4n) is 5.51. The quantitative estimate of drug-likeness (QED) is 0.596. The molecule has 0 radical (unpaired) electrons. The van der Waals surface area contributed by atoms with E-state index in [1.165, 1.54) is 48.5 Å². The van der Waals surface area contributed by atoms with Crippen molar-refractivity contribution in [2.75, 3.05) is 32.7 Å². The van der Waals surface area contributed by atoms with E-state index >= 15 is 4.39 Å². The van der Waals surface area contributed by atoms with E-state index in [9.17, 15) is 13.2 Å². The van der Waals surface area contributed by atoms with Gasteiger partial charge in [-0.3, -0.25) is 9.69 Å². The molecule has 1 aromatic carbocycles. The van der Waals surface area contributed by atoms with Crippen LogP contribution in [-0.4, -0.2) is 62.4 Å². The van der Waals surface area contributed by atoms with E-state index < -0.39 is 21.9 Å². The second-order valence-corrected chi connectivity index (χ2v) is 12.1. The van der Waals surface area contributed by atoms with Gasteiger partial charge in [-0.25, -0.2) is 9.11 Å². The zero-order valence-corrected chi connectivity index (χ0v) is 20.6. The van der Waals surface area contributed by atoms with Crippen molar-refractivity contribution < 1.29 is 22.3 Å². The zero-order chi connectivity index (χ0) is 23.7. The van der Waals surface area contributed by atoms with Crippen molar-refractivity contribution in [1.82, 2.24) is 13.9 Å². The van der Waals surface area contributed by atoms with E-state index in [2.05, 4.69) is 4.90 Å². The Morgan fingerprint density at radius 3 is 2.44 bits per heavy atom. The summed E-state index contributed by atoms with van der Waals surface area (Å²) in [6.07, 6.45) is 11.4. The molecule has 2 aliphatic heterocycles. The molecule has 4 aliphatic rings. The van der Waals surface area contributed by atoms with E-state index in [1.807, 2.05) is 4.72 Å². The fourth-order valence-corrected chi connectivity index (χ4v) is 6.73. The van der Waals surface area contributed by atoms with Crippen molar-refractivity contribution in [2.24, 2.45) is 5.92 Å². The van der Waals surface area contributed by atoms with Gasteiger partial charge in [0.1, 0.15) is 17.7 Å². The van der Waals surface area contributed by atoms with E-state index in [0.29, 0.717) is 18.8 Å². The van der Waals surface area contributed by atoms with E-state index in [4.69, 9.17) is 4.74 Å². The molecule has 2 saturated carbocycles. The Kier molecular flexibility index (Phi) is 7.14. The van der Waals surface area contributed by atoms with Gasteiger partial charge in [-0.15, -0.1) is 0 Å². The van der Waals surface area contributed by atoms with Gasteiger partial charge in [-0.1, -0.05) is 19.3 Å². The molecule has 1 atom stereocenters. The van der Waals surface area contributed by atoms with Crippen LogP contribution >= 0.6 is 0 Å². The standard InChI is InChI=1S/C25H36FN3O4S/c26-23-15-24(33-20-8-4-11-28(17-20)16-18-6-2-1-3-7-18)21(19-9-10-19)14-22(23)25(30)27-34(31,32)29-12-5-13-29/h14-15,18-20H,1-13,16-17H2,(H,27,30). The van der Waals surface area contributed by atoms with Gasteiger partial charge < -0.3 is 4.74 Å². The molecule has 5 rings (SSSR count). The third kappa shape index (κ3) is 5.57. The topological polar surface area (TPSA) is 79.0 Å². The van der Waals surface area contributed by atoms with E-state index in [0.717, 1.165) is 63.2 Å². The Morgan fingerprint density at radius 2 is 1.76 bits per heavy atom. The maximum absolute atomic E-state index is 15.0. The molecule has 7 nitrogen and oxygen atoms in total. The molecule has 1 aromatic rings. The summed E-state index contributed by atoms with van der Waals surface area (Å²) >= 11 is 0. The van der Waals surface area contributed by atoms with Crippen LogP contribution in [0, 0.1) is 11.7 Å². The molecular weight excluding hydrogens is 457 g/mol. The Labute approximate surface area is 202 Å². The van der Waals surface area contributed by atoms with Crippen LogP contribution in [0.1, 0.15) is 86.0 Å². The molecule has 4 fully saturated rings. The summed E-state index contributed by atoms with van der Waals surface area (Å²) in [5, 5.41) is 0. The van der Waals surface area contributed by atoms with Crippen molar-refractivity contribution in [3.05, 3.63) is 29.1 Å². The lowest BCUT2D eigenvalue weighted by molar-refractivity contribution is 0.0729. The summed E-state index contributed by atoms with van der Waals surface area (Å²) in [6, 6.07) is 2.80. The molecule has 2 heterocycles. The Balaban J connectivity index is 1.27. The summed E-state index contributed by atoms with van der Waals surface area (Å²) in [5.74, 6) is -0.153. The molecule has 2 saturated heterocycles. The van der Waals surface area contributed by atoms with Gasteiger partial charge in [-0.2, -0.15) is 12.7 Å². The summed E-state index contributed by atoms with van der Waals surface area (Å²) in [6.45, 7) is 3.81. The number of rotatable bonds is 8. The number of likely N-dealkylation sites (tertiary alicyclic amines) is 1. The van der Waals surface area contributed by atoms with Gasteiger partial charge in [0.2, 0.25) is 0 Å². The van der Waals surface area contributed by atoms with Gasteiger partial charge in [0.05, 0.1) is 5.56 Å². The average molecular weight is 494 g/mol. The van der Waals surface area contributed by atoms with Gasteiger partial charge in [0, 0.05) is 32.2 Å². The summed E-state index contributed by atoms with van der Waals surface area (Å²) < 4.78 is 49.1. The van der Waals surface area contributed by atoms with Crippen LogP contribution < -0.4 is 9.46 Å². The Hall–Kier alpha value is -1.71. The zero-order valence-electron chi connectivity index (χ0n) is 19.8. The average Bonchev–Trinajstić information content (AvgIpc) is 3.58. The molecule has 0 spiro atoms. The highest BCUT2D eigenvalue weighted by Gasteiger charge is 2.34. The smallest absolute Gasteiger partial charge is 0.304 e. The number of amides is 1. The van der Waals surface area contributed by atoms with Crippen LogP contribution in [0.5, 0.6) is 5.75 Å². The fraction of sp³-hybridized carbons (Fsp3) is 0.720. The van der Waals surface area contributed by atoms with Gasteiger partial charge in [-0.05, 0) is 75.0 Å². The summed E-state index contributed by atoms with van der Waals surface area (Å²) in [7, 11) is -3.93. The van der Waals surface area contributed by atoms with Crippen LogP contribution in [-0.2, 0) is 10.2 Å². The molecule has 2 aliphatic carbocycles. The molecule has 0 bridgehead atoms. The molecule has 188 valence electrons. The number of nitrogens with zero attached hydrogens (tertiary/aromatic N) is 2. The predicted octanol–water partition coefficient (Wildman–Crippen LogP) is 3.81. The van der Waals surface area contributed by atoms with E-state index in [1.54, 1.807) is 0 Å². The lowest BCUT2D eigenvalue weighted by Gasteiger charge is -2.36. The normalized spacial score (nSPS) is 25.0. The maximum Gasteiger partial charge on any atom is 0.304 e. The lowest BCUT2D eigenvalue weighted by atomic mass is 9.88. The van der Waals surface area contributed by atoms with Crippen molar-refractivity contribution in [3.8, 4) is 5.75 Å². The minimum absolute atomic E-state index is 0.000659. The van der Waals surface area contributed by atoms with Gasteiger partial charge >= 0.3 is 10.2 Å². The maximum atomic E-state index is 15.0. The first-order valence-electron chi connectivity index (χ1n) is 12.9. The number of carbonyl (C=O) groups excluding carboxylic acids is 1. The molecule has 1 amide bonds. The second-order valence-electron chi connectivity index (χ2n) is 10.5. The number of benzene rings is 1. The van der Waals surface area contributed by atoms with Crippen molar-refractivity contribution in [1.29, 1.82) is 0 Å². The minimum atomic E-state index is -3.93. The van der Waals surface area contributed by atoms with Crippen LogP contribution in [0.25, 0.3) is 0 Å². The first-order chi connectivity index (χ1) is 16.4. The SMILES string of the molecule is O=C(NS(=O)(=O)N1CCC1)c1cc(C2CC2)c(OC2CCCN(CC3CCCCC3)C2)cc1F. The van der Waals surface area contributed by atoms with Crippen molar-refractivity contribution in [3.63, 3.8) is 0 Å². The first kappa shape index (κ1) is 24.0. The van der Waals surface area contributed by atoms with Crippen LogP contribution in [0.2, 0.25) is 0 Å². The van der Waals surface area contributed by atoms with Gasteiger partial charge in [0.25, 0.3) is 5.91 Å². The molecule has 9 heteroatoms. The van der Waals surface area contributed by atoms with Crippen LogP contribution in [0.3, 0.4) is 0 Å². The third-order valence-electron chi connectivity index (χ3n) is 7.73. The highest BCUT2D eigenvalue weighted by molar-refractivity contribution is 7.87. The van der Waals surface area contributed by atoms with Gasteiger partial charge in [0.15, 0.2) is 0 Å². The molecule has 1 N–H and O–H groups in total. The number of piperidine rings is 1. The first-order valence-corrected chi connectivity index (χ1v) is 14.4. The highest BCUT2D eigenvalue weighted by Crippen LogP contribution is 2.45. The predicted molar refractivity (Wildman–Crippen MR) is 128 cm³/mol. The number of nitrogens with one attached hydrogen (secondary N) is 1. The van der Waals surface area contributed by atoms with E-state index in [-0.39, 0.29) is 17.6 Å². The lowest BCUT2D eigenvalue weighted by Crippen LogP contribution is -2.49. The van der Waals surface area contributed by atoms with Crippen molar-refractivity contribution >= 4 is 16.1 Å². The molecule has 34 heavy (non-hydrogen) atoms. The second kappa shape index (κ2) is 10.1. The molecule has 1 unspecified atom stereocenters. The highest BCUT2D eigenvalue weighted by atomic mass is 32.2. The molecule has 0 aromatic heterocycles. The number of hydrogen-bond donors (Lipinski definition) is 1.